The number of fused-ring (bicyclic) bond motifs is 1. The van der Waals surface area contributed by atoms with Gasteiger partial charge in [0.15, 0.2) is 11.9 Å². The zero-order chi connectivity index (χ0) is 14.8. The van der Waals surface area contributed by atoms with Gasteiger partial charge < -0.3 is 22.0 Å². The standard InChI is InChI=1S/C16H24ClN3O.2ClH/c1-3-19-13(2)20(7-6-18-8-10-21-11-9-18)16-12-14(17)4-5-15(16)19;;/h4-5,12-13H,3,6-11H2,1-2H3;2*1H. The molecule has 0 aliphatic carbocycles. The van der Waals surface area contributed by atoms with Gasteiger partial charge in [-0.05, 0) is 19.1 Å². The molecule has 2 atom stereocenters. The summed E-state index contributed by atoms with van der Waals surface area (Å²) in [6.45, 7) is 11.6. The van der Waals surface area contributed by atoms with E-state index in [1.54, 1.807) is 0 Å². The van der Waals surface area contributed by atoms with Gasteiger partial charge in [0.05, 0.1) is 19.8 Å². The topological polar surface area (TPSA) is 20.2 Å². The monoisotopic (exact) mass is 381 g/mol. The van der Waals surface area contributed by atoms with Gasteiger partial charge in [0.25, 0.3) is 0 Å². The Morgan fingerprint density at radius 3 is 2.61 bits per heavy atom. The van der Waals surface area contributed by atoms with Gasteiger partial charge in [-0.1, -0.05) is 11.6 Å². The molecule has 1 fully saturated rings. The number of hydrogen-bond donors (Lipinski definition) is 1. The van der Waals surface area contributed by atoms with Crippen molar-refractivity contribution in [2.75, 3.05) is 50.8 Å². The van der Waals surface area contributed by atoms with Crippen molar-refractivity contribution >= 4 is 35.4 Å². The van der Waals surface area contributed by atoms with Crippen LogP contribution in [0.1, 0.15) is 13.8 Å². The fourth-order valence-electron chi connectivity index (χ4n) is 3.51. The van der Waals surface area contributed by atoms with Crippen LogP contribution in [0.5, 0.6) is 0 Å². The summed E-state index contributed by atoms with van der Waals surface area (Å²) in [6, 6.07) is 6.31. The van der Waals surface area contributed by atoms with Crippen molar-refractivity contribution in [2.24, 2.45) is 0 Å². The van der Waals surface area contributed by atoms with Crippen LogP contribution in [0.4, 0.5) is 11.4 Å². The highest BCUT2D eigenvalue weighted by molar-refractivity contribution is 6.31. The number of nitrogens with one attached hydrogen (secondary N) is 1. The molecule has 0 bridgehead atoms. The van der Waals surface area contributed by atoms with Gasteiger partial charge in [-0.2, -0.15) is 0 Å². The Morgan fingerprint density at radius 2 is 1.96 bits per heavy atom. The SMILES string of the molecule is CC[NH+]1c2ccc(Cl)cc2N(CCN2CCOCC2)C1C.Cl.[Cl-]. The summed E-state index contributed by atoms with van der Waals surface area (Å²) in [5, 5.41) is 0.828. The van der Waals surface area contributed by atoms with Crippen LogP contribution < -0.4 is 22.2 Å². The minimum Gasteiger partial charge on any atom is -1.00 e. The van der Waals surface area contributed by atoms with Gasteiger partial charge in [-0.15, -0.1) is 12.4 Å². The van der Waals surface area contributed by atoms with Gasteiger partial charge in [-0.25, -0.2) is 0 Å². The lowest BCUT2D eigenvalue weighted by Gasteiger charge is -2.30. The third kappa shape index (κ3) is 4.44. The number of halogens is 3. The molecular weight excluding hydrogens is 357 g/mol. The normalized spacial score (nSPS) is 23.9. The number of ether oxygens (including phenoxy) is 1. The van der Waals surface area contributed by atoms with E-state index in [0.717, 1.165) is 51.0 Å². The third-order valence-electron chi connectivity index (χ3n) is 4.73. The molecule has 132 valence electrons. The zero-order valence-electron chi connectivity index (χ0n) is 13.7. The number of nitrogens with zero attached hydrogens (tertiary/aromatic N) is 2. The molecule has 1 aromatic carbocycles. The first-order valence-corrected chi connectivity index (χ1v) is 8.31. The van der Waals surface area contributed by atoms with Crippen LogP contribution in [0.3, 0.4) is 0 Å². The minimum atomic E-state index is 0. The van der Waals surface area contributed by atoms with Crippen molar-refractivity contribution < 1.29 is 22.0 Å². The fourth-order valence-corrected chi connectivity index (χ4v) is 3.68. The van der Waals surface area contributed by atoms with Crippen LogP contribution in [0.2, 0.25) is 5.02 Å². The Labute approximate surface area is 156 Å². The second kappa shape index (κ2) is 9.30. The molecule has 2 aliphatic rings. The molecule has 0 spiro atoms. The summed E-state index contributed by atoms with van der Waals surface area (Å²) in [6.07, 6.45) is 0.476. The van der Waals surface area contributed by atoms with Gasteiger partial charge in [0.1, 0.15) is 5.69 Å². The summed E-state index contributed by atoms with van der Waals surface area (Å²) in [4.78, 5) is 6.53. The molecule has 4 nitrogen and oxygen atoms in total. The Bertz CT molecular complexity index is 497. The number of morpholine rings is 1. The average molecular weight is 383 g/mol. The lowest BCUT2D eigenvalue weighted by Crippen LogP contribution is -3.10. The molecule has 2 aliphatic heterocycles. The summed E-state index contributed by atoms with van der Waals surface area (Å²) in [5.41, 5.74) is 2.69. The molecule has 1 aromatic rings. The summed E-state index contributed by atoms with van der Waals surface area (Å²) in [7, 11) is 0. The Balaban J connectivity index is 0.00000132. The Morgan fingerprint density at radius 1 is 1.26 bits per heavy atom. The highest BCUT2D eigenvalue weighted by Crippen LogP contribution is 2.31. The van der Waals surface area contributed by atoms with E-state index in [4.69, 9.17) is 16.3 Å². The molecule has 0 amide bonds. The average Bonchev–Trinajstić information content (AvgIpc) is 2.77. The fraction of sp³-hybridized carbons (Fsp3) is 0.625. The Kier molecular flexibility index (Phi) is 8.42. The van der Waals surface area contributed by atoms with Crippen LogP contribution in [-0.4, -0.2) is 57.0 Å². The predicted molar refractivity (Wildman–Crippen MR) is 93.9 cm³/mol. The zero-order valence-corrected chi connectivity index (χ0v) is 16.1. The second-order valence-electron chi connectivity index (χ2n) is 5.86. The van der Waals surface area contributed by atoms with Crippen molar-refractivity contribution in [3.05, 3.63) is 23.2 Å². The highest BCUT2D eigenvalue weighted by Gasteiger charge is 2.36. The van der Waals surface area contributed by atoms with E-state index in [-0.39, 0.29) is 24.8 Å². The molecule has 3 rings (SSSR count). The van der Waals surface area contributed by atoms with Crippen molar-refractivity contribution in [2.45, 2.75) is 20.0 Å². The summed E-state index contributed by atoms with van der Waals surface area (Å²) >= 11 is 6.21. The lowest BCUT2D eigenvalue weighted by molar-refractivity contribution is -0.849. The first-order chi connectivity index (χ1) is 10.2. The molecule has 2 heterocycles. The molecule has 0 aromatic heterocycles. The van der Waals surface area contributed by atoms with Crippen LogP contribution in [0, 0.1) is 0 Å². The second-order valence-corrected chi connectivity index (χ2v) is 6.30. The molecular formula is C16H26Cl3N3O. The van der Waals surface area contributed by atoms with Crippen molar-refractivity contribution in [1.82, 2.24) is 4.90 Å². The largest absolute Gasteiger partial charge is 1.00 e. The maximum atomic E-state index is 6.21. The van der Waals surface area contributed by atoms with E-state index < -0.39 is 0 Å². The van der Waals surface area contributed by atoms with Crippen LogP contribution in [-0.2, 0) is 4.74 Å². The number of rotatable bonds is 4. The van der Waals surface area contributed by atoms with E-state index in [9.17, 15) is 0 Å². The summed E-state index contributed by atoms with van der Waals surface area (Å²) < 4.78 is 5.42. The Hall–Kier alpha value is -0.230. The van der Waals surface area contributed by atoms with E-state index in [0.29, 0.717) is 6.17 Å². The first-order valence-electron chi connectivity index (χ1n) is 7.93. The molecule has 0 saturated carbocycles. The van der Waals surface area contributed by atoms with Gasteiger partial charge in [-0.3, -0.25) is 9.80 Å². The van der Waals surface area contributed by atoms with Gasteiger partial charge in [0, 0.05) is 44.2 Å². The van der Waals surface area contributed by atoms with E-state index in [1.807, 2.05) is 6.07 Å². The van der Waals surface area contributed by atoms with Crippen LogP contribution >= 0.6 is 24.0 Å². The van der Waals surface area contributed by atoms with Crippen LogP contribution in [0.15, 0.2) is 18.2 Å². The molecule has 7 heteroatoms. The molecule has 1 saturated heterocycles. The number of hydrogen-bond acceptors (Lipinski definition) is 3. The molecule has 0 radical (unpaired) electrons. The number of quaternary nitrogens is 1. The maximum absolute atomic E-state index is 6.21. The summed E-state index contributed by atoms with van der Waals surface area (Å²) in [5.74, 6) is 0. The predicted octanol–water partition coefficient (Wildman–Crippen LogP) is -1.20. The molecule has 23 heavy (non-hydrogen) atoms. The quantitative estimate of drug-likeness (QED) is 0.706. The van der Waals surface area contributed by atoms with E-state index in [1.165, 1.54) is 16.3 Å². The molecule has 1 N–H and O–H groups in total. The first kappa shape index (κ1) is 20.8. The van der Waals surface area contributed by atoms with Crippen molar-refractivity contribution in [3.8, 4) is 0 Å². The third-order valence-corrected chi connectivity index (χ3v) is 4.96. The van der Waals surface area contributed by atoms with Gasteiger partial charge >= 0.3 is 0 Å². The van der Waals surface area contributed by atoms with Gasteiger partial charge in [0.2, 0.25) is 0 Å². The molecule has 2 unspecified atom stereocenters. The minimum absolute atomic E-state index is 0. The highest BCUT2D eigenvalue weighted by atomic mass is 35.5. The van der Waals surface area contributed by atoms with Crippen molar-refractivity contribution in [1.29, 1.82) is 0 Å². The van der Waals surface area contributed by atoms with Crippen LogP contribution in [0.25, 0.3) is 0 Å². The van der Waals surface area contributed by atoms with Crippen molar-refractivity contribution in [3.63, 3.8) is 0 Å². The maximum Gasteiger partial charge on any atom is 0.165 e. The smallest absolute Gasteiger partial charge is 0.165 e. The van der Waals surface area contributed by atoms with E-state index >= 15 is 0 Å². The lowest BCUT2D eigenvalue weighted by atomic mass is 10.2. The number of benzene rings is 1. The van der Waals surface area contributed by atoms with E-state index in [2.05, 4.69) is 35.8 Å². The number of anilines is 1.